The average molecular weight is 368 g/mol. The molecule has 3 aliphatic rings. The largest absolute Gasteiger partial charge is 0.334 e. The van der Waals surface area contributed by atoms with Crippen LogP contribution in [0, 0.1) is 10.8 Å². The third-order valence-corrected chi connectivity index (χ3v) is 6.09. The molecule has 1 saturated carbocycles. The van der Waals surface area contributed by atoms with E-state index >= 15 is 0 Å². The molecule has 2 atom stereocenters. The van der Waals surface area contributed by atoms with Crippen molar-refractivity contribution in [1.82, 2.24) is 25.2 Å². The molecule has 2 saturated heterocycles. The van der Waals surface area contributed by atoms with Crippen LogP contribution in [0.4, 0.5) is 0 Å². The van der Waals surface area contributed by atoms with Crippen LogP contribution in [-0.4, -0.2) is 51.5 Å². The molecule has 7 heteroatoms. The lowest BCUT2D eigenvalue weighted by Gasteiger charge is -2.39. The topological polar surface area (TPSA) is 63.1 Å². The van der Waals surface area contributed by atoms with Crippen LogP contribution in [-0.2, 0) is 0 Å². The molecule has 6 nitrogen and oxygen atoms in total. The van der Waals surface area contributed by atoms with E-state index in [1.165, 1.54) is 6.42 Å². The van der Waals surface area contributed by atoms with E-state index in [2.05, 4.69) is 41.3 Å². The van der Waals surface area contributed by atoms with Crippen molar-refractivity contribution in [2.45, 2.75) is 65.0 Å². The maximum atomic E-state index is 13.0. The predicted molar refractivity (Wildman–Crippen MR) is 99.0 cm³/mol. The zero-order chi connectivity index (χ0) is 16.9. The van der Waals surface area contributed by atoms with E-state index in [1.807, 2.05) is 10.9 Å². The van der Waals surface area contributed by atoms with Crippen LogP contribution >= 0.6 is 12.4 Å². The number of hydrogen-bond donors (Lipinski definition) is 1. The highest BCUT2D eigenvalue weighted by Gasteiger charge is 2.51. The van der Waals surface area contributed by atoms with Crippen molar-refractivity contribution in [2.75, 3.05) is 19.6 Å². The van der Waals surface area contributed by atoms with E-state index in [1.54, 1.807) is 0 Å². The number of nitrogens with one attached hydrogen (secondary N) is 1. The van der Waals surface area contributed by atoms with E-state index in [-0.39, 0.29) is 23.7 Å². The quantitative estimate of drug-likeness (QED) is 0.872. The van der Waals surface area contributed by atoms with Crippen molar-refractivity contribution in [2.24, 2.45) is 10.8 Å². The maximum Gasteiger partial charge on any atom is 0.276 e. The predicted octanol–water partition coefficient (Wildman–Crippen LogP) is 2.67. The van der Waals surface area contributed by atoms with Crippen molar-refractivity contribution >= 4 is 18.3 Å². The maximum absolute atomic E-state index is 13.0. The number of nitrogens with zero attached hydrogens (tertiary/aromatic N) is 4. The summed E-state index contributed by atoms with van der Waals surface area (Å²) in [5.74, 6) is 0.0709. The van der Waals surface area contributed by atoms with Gasteiger partial charge in [0.15, 0.2) is 5.69 Å². The summed E-state index contributed by atoms with van der Waals surface area (Å²) in [5, 5.41) is 11.8. The van der Waals surface area contributed by atoms with Crippen LogP contribution in [0.3, 0.4) is 0 Å². The Bertz CT molecular complexity index is 639. The molecular weight excluding hydrogens is 338 g/mol. The van der Waals surface area contributed by atoms with Crippen molar-refractivity contribution < 1.29 is 4.79 Å². The number of piperidine rings is 1. The lowest BCUT2D eigenvalue weighted by atomic mass is 9.65. The minimum absolute atomic E-state index is 0. The number of halogens is 1. The van der Waals surface area contributed by atoms with Gasteiger partial charge in [0.25, 0.3) is 5.91 Å². The van der Waals surface area contributed by atoms with E-state index in [4.69, 9.17) is 0 Å². The molecule has 140 valence electrons. The van der Waals surface area contributed by atoms with Crippen LogP contribution in [0.1, 0.15) is 69.4 Å². The monoisotopic (exact) mass is 367 g/mol. The second-order valence-electron chi connectivity index (χ2n) is 9.21. The van der Waals surface area contributed by atoms with Gasteiger partial charge in [-0.15, -0.1) is 17.5 Å². The van der Waals surface area contributed by atoms with Crippen LogP contribution in [0.15, 0.2) is 6.20 Å². The molecule has 1 aromatic rings. The molecule has 0 aromatic carbocycles. The van der Waals surface area contributed by atoms with Gasteiger partial charge in [0.05, 0.1) is 12.2 Å². The fourth-order valence-electron chi connectivity index (χ4n) is 5.47. The highest BCUT2D eigenvalue weighted by Crippen LogP contribution is 2.52. The van der Waals surface area contributed by atoms with Crippen LogP contribution < -0.4 is 5.32 Å². The zero-order valence-corrected chi connectivity index (χ0v) is 16.3. The molecule has 3 heterocycles. The highest BCUT2D eigenvalue weighted by atomic mass is 35.5. The van der Waals surface area contributed by atoms with Gasteiger partial charge in [-0.2, -0.15) is 0 Å². The molecule has 2 unspecified atom stereocenters. The summed E-state index contributed by atoms with van der Waals surface area (Å²) in [6.45, 7) is 9.88. The Balaban J connectivity index is 0.00000182. The summed E-state index contributed by atoms with van der Waals surface area (Å²) in [5.41, 5.74) is 1.09. The first-order valence-corrected chi connectivity index (χ1v) is 9.29. The van der Waals surface area contributed by atoms with E-state index in [9.17, 15) is 4.79 Å². The summed E-state index contributed by atoms with van der Waals surface area (Å²) in [4.78, 5) is 15.1. The van der Waals surface area contributed by atoms with Crippen molar-refractivity contribution in [3.05, 3.63) is 11.9 Å². The Kier molecular flexibility index (Phi) is 4.88. The van der Waals surface area contributed by atoms with E-state index < -0.39 is 0 Å². The lowest BCUT2D eigenvalue weighted by Crippen LogP contribution is -2.37. The fraction of sp³-hybridized carbons (Fsp3) is 0.833. The summed E-state index contributed by atoms with van der Waals surface area (Å²) in [7, 11) is 0. The number of aromatic nitrogens is 3. The Hall–Kier alpha value is -1.14. The second kappa shape index (κ2) is 6.54. The third-order valence-electron chi connectivity index (χ3n) is 6.09. The van der Waals surface area contributed by atoms with Gasteiger partial charge in [0.2, 0.25) is 0 Å². The van der Waals surface area contributed by atoms with Gasteiger partial charge in [-0.1, -0.05) is 26.0 Å². The van der Waals surface area contributed by atoms with E-state index in [0.29, 0.717) is 23.2 Å². The summed E-state index contributed by atoms with van der Waals surface area (Å²) in [6.07, 6.45) is 7.39. The minimum atomic E-state index is 0. The summed E-state index contributed by atoms with van der Waals surface area (Å²) in [6, 6.07) is 0.727. The summed E-state index contributed by atoms with van der Waals surface area (Å²) >= 11 is 0. The first kappa shape index (κ1) is 18.6. The number of amides is 1. The number of carbonyl (C=O) groups is 1. The van der Waals surface area contributed by atoms with Gasteiger partial charge < -0.3 is 10.2 Å². The highest BCUT2D eigenvalue weighted by molar-refractivity contribution is 5.92. The Labute approximate surface area is 156 Å². The number of likely N-dealkylation sites (tertiary alicyclic amines) is 1. The Morgan fingerprint density at radius 1 is 1.20 bits per heavy atom. The van der Waals surface area contributed by atoms with E-state index in [0.717, 1.165) is 45.3 Å². The summed E-state index contributed by atoms with van der Waals surface area (Å²) < 4.78 is 1.90. The zero-order valence-electron chi connectivity index (χ0n) is 15.5. The Morgan fingerprint density at radius 2 is 1.92 bits per heavy atom. The molecular formula is C18H30ClN5O. The van der Waals surface area contributed by atoms with Gasteiger partial charge in [-0.05, 0) is 56.0 Å². The SMILES string of the molecule is CC1(C)CC2CC(C)(CN2C(=O)c2cn(C3CCNCC3)nn2)C1.Cl. The second-order valence-corrected chi connectivity index (χ2v) is 9.21. The number of carbonyl (C=O) groups excluding carboxylic acids is 1. The molecule has 1 aliphatic carbocycles. The van der Waals surface area contributed by atoms with Gasteiger partial charge in [0, 0.05) is 12.6 Å². The number of rotatable bonds is 2. The van der Waals surface area contributed by atoms with Crippen LogP contribution in [0.25, 0.3) is 0 Å². The van der Waals surface area contributed by atoms with Crippen LogP contribution in [0.5, 0.6) is 0 Å². The van der Waals surface area contributed by atoms with Crippen molar-refractivity contribution in [3.8, 4) is 0 Å². The first-order chi connectivity index (χ1) is 11.4. The van der Waals surface area contributed by atoms with Crippen molar-refractivity contribution in [3.63, 3.8) is 0 Å². The standard InChI is InChI=1S/C18H29N5O.ClH/c1-17(2)8-14-9-18(3,11-17)12-22(14)16(24)15-10-23(21-20-15)13-4-6-19-7-5-13;/h10,13-14,19H,4-9,11-12H2,1-3H3;1H. The van der Waals surface area contributed by atoms with Crippen molar-refractivity contribution in [1.29, 1.82) is 0 Å². The van der Waals surface area contributed by atoms with Gasteiger partial charge in [-0.3, -0.25) is 4.79 Å². The lowest BCUT2D eigenvalue weighted by molar-refractivity contribution is 0.0702. The van der Waals surface area contributed by atoms with Gasteiger partial charge in [-0.25, -0.2) is 4.68 Å². The van der Waals surface area contributed by atoms with Gasteiger partial charge in [0.1, 0.15) is 0 Å². The fourth-order valence-corrected chi connectivity index (χ4v) is 5.47. The molecule has 1 N–H and O–H groups in total. The Morgan fingerprint density at radius 3 is 2.64 bits per heavy atom. The molecule has 4 rings (SSSR count). The number of hydrogen-bond acceptors (Lipinski definition) is 4. The molecule has 1 aromatic heterocycles. The average Bonchev–Trinajstić information content (AvgIpc) is 3.09. The molecule has 0 radical (unpaired) electrons. The molecule has 2 aliphatic heterocycles. The third kappa shape index (κ3) is 3.56. The number of fused-ring (bicyclic) bond motifs is 2. The normalized spacial score (nSPS) is 31.6. The molecule has 25 heavy (non-hydrogen) atoms. The first-order valence-electron chi connectivity index (χ1n) is 9.29. The molecule has 1 amide bonds. The molecule has 2 bridgehead atoms. The van der Waals surface area contributed by atoms with Crippen LogP contribution in [0.2, 0.25) is 0 Å². The molecule has 3 fully saturated rings. The minimum Gasteiger partial charge on any atom is -0.334 e. The van der Waals surface area contributed by atoms with Gasteiger partial charge >= 0.3 is 0 Å². The molecule has 0 spiro atoms. The smallest absolute Gasteiger partial charge is 0.276 e.